The topological polar surface area (TPSA) is 49.3 Å². The molecule has 0 heterocycles. The normalized spacial score (nSPS) is 24.6. The van der Waals surface area contributed by atoms with E-state index < -0.39 is 5.97 Å². The van der Waals surface area contributed by atoms with E-state index in [1.165, 1.54) is 39.0 Å². The maximum absolute atomic E-state index is 11.4. The Balaban J connectivity index is 1.31. The van der Waals surface area contributed by atoms with Crippen LogP contribution in [0.3, 0.4) is 0 Å². The van der Waals surface area contributed by atoms with Gasteiger partial charge in [0, 0.05) is 18.2 Å². The van der Waals surface area contributed by atoms with Crippen LogP contribution in [0, 0.1) is 11.8 Å². The van der Waals surface area contributed by atoms with Gasteiger partial charge in [-0.2, -0.15) is 0 Å². The lowest BCUT2D eigenvalue weighted by Gasteiger charge is -2.19. The summed E-state index contributed by atoms with van der Waals surface area (Å²) < 4.78 is 0. The largest absolute Gasteiger partial charge is 0.481 e. The highest BCUT2D eigenvalue weighted by molar-refractivity contribution is 5.82. The quantitative estimate of drug-likeness (QED) is 0.632. The minimum atomic E-state index is -0.631. The lowest BCUT2D eigenvalue weighted by Crippen LogP contribution is -2.05. The van der Waals surface area contributed by atoms with Gasteiger partial charge in [-0.15, -0.1) is 0 Å². The molecule has 3 aliphatic carbocycles. The van der Waals surface area contributed by atoms with Crippen molar-refractivity contribution in [1.82, 2.24) is 0 Å². The zero-order chi connectivity index (χ0) is 20.8. The van der Waals surface area contributed by atoms with E-state index >= 15 is 0 Å². The van der Waals surface area contributed by atoms with Crippen LogP contribution in [0.15, 0.2) is 59.7 Å². The van der Waals surface area contributed by atoms with Gasteiger partial charge < -0.3 is 10.4 Å². The standard InChI is InChI=1S/C27H29NO2/c1-16-5-3-6-17(2)24(16)20-8-4-7-18(13-20)15-28-21-10-12-22-19(14-21)9-11-23-25(22)26(23)27(29)30/h4-5,7-8,10,12-14,23,25-26,28H,3,6,9,11,15H2,1-2H3,(H,29,30). The van der Waals surface area contributed by atoms with E-state index in [1.807, 2.05) is 0 Å². The molecule has 154 valence electrons. The highest BCUT2D eigenvalue weighted by Gasteiger charge is 2.57. The predicted molar refractivity (Wildman–Crippen MR) is 121 cm³/mol. The third kappa shape index (κ3) is 3.36. The zero-order valence-corrected chi connectivity index (χ0v) is 17.7. The Kier molecular flexibility index (Phi) is 4.77. The number of aliphatic carboxylic acids is 1. The van der Waals surface area contributed by atoms with Gasteiger partial charge in [-0.25, -0.2) is 0 Å². The van der Waals surface area contributed by atoms with Crippen molar-refractivity contribution in [3.8, 4) is 0 Å². The van der Waals surface area contributed by atoms with Crippen molar-refractivity contribution in [2.45, 2.75) is 52.0 Å². The number of aryl methyl sites for hydroxylation is 1. The number of carbonyl (C=O) groups is 1. The van der Waals surface area contributed by atoms with Crippen LogP contribution in [0.25, 0.3) is 5.57 Å². The molecule has 0 spiro atoms. The second-order valence-corrected chi connectivity index (χ2v) is 9.14. The first-order valence-corrected chi connectivity index (χ1v) is 11.1. The second-order valence-electron chi connectivity index (χ2n) is 9.14. The van der Waals surface area contributed by atoms with E-state index in [2.05, 4.69) is 67.7 Å². The van der Waals surface area contributed by atoms with Crippen molar-refractivity contribution in [3.63, 3.8) is 0 Å². The zero-order valence-electron chi connectivity index (χ0n) is 17.7. The van der Waals surface area contributed by atoms with Crippen molar-refractivity contribution in [3.05, 3.63) is 81.9 Å². The van der Waals surface area contributed by atoms with Crippen LogP contribution >= 0.6 is 0 Å². The first-order valence-electron chi connectivity index (χ1n) is 11.1. The molecule has 0 aromatic heterocycles. The summed E-state index contributed by atoms with van der Waals surface area (Å²) in [5.41, 5.74) is 10.6. The first kappa shape index (κ1) is 19.2. The van der Waals surface area contributed by atoms with Gasteiger partial charge in [-0.1, -0.05) is 35.9 Å². The Labute approximate surface area is 178 Å². The molecule has 2 aromatic rings. The Morgan fingerprint density at radius 1 is 1.13 bits per heavy atom. The maximum Gasteiger partial charge on any atom is 0.307 e. The van der Waals surface area contributed by atoms with Crippen LogP contribution in [-0.2, 0) is 17.8 Å². The molecule has 0 saturated heterocycles. The number of rotatable bonds is 5. The van der Waals surface area contributed by atoms with Crippen LogP contribution in [0.5, 0.6) is 0 Å². The molecule has 0 aliphatic heterocycles. The average Bonchev–Trinajstić information content (AvgIpc) is 3.48. The Bertz CT molecular complexity index is 1080. The molecule has 0 bridgehead atoms. The van der Waals surface area contributed by atoms with Gasteiger partial charge in [0.1, 0.15) is 0 Å². The number of nitrogens with one attached hydrogen (secondary N) is 1. The summed E-state index contributed by atoms with van der Waals surface area (Å²) in [7, 11) is 0. The minimum absolute atomic E-state index is 0.164. The van der Waals surface area contributed by atoms with Gasteiger partial charge in [0.05, 0.1) is 5.92 Å². The summed E-state index contributed by atoms with van der Waals surface area (Å²) in [5, 5.41) is 13.0. The molecule has 5 rings (SSSR count). The van der Waals surface area contributed by atoms with E-state index in [0.717, 1.165) is 37.9 Å². The second kappa shape index (κ2) is 7.46. The molecule has 30 heavy (non-hydrogen) atoms. The highest BCUT2D eigenvalue weighted by Crippen LogP contribution is 2.60. The van der Waals surface area contributed by atoms with Crippen molar-refractivity contribution in [2.75, 3.05) is 5.32 Å². The first-order chi connectivity index (χ1) is 14.5. The van der Waals surface area contributed by atoms with Gasteiger partial charge in [-0.05, 0) is 97.0 Å². The minimum Gasteiger partial charge on any atom is -0.481 e. The predicted octanol–water partition coefficient (Wildman–Crippen LogP) is 6.17. The van der Waals surface area contributed by atoms with E-state index in [9.17, 15) is 9.90 Å². The highest BCUT2D eigenvalue weighted by atomic mass is 16.4. The molecule has 3 nitrogen and oxygen atoms in total. The summed E-state index contributed by atoms with van der Waals surface area (Å²) in [6.45, 7) is 5.25. The lowest BCUT2D eigenvalue weighted by atomic mass is 9.87. The number of carboxylic acids is 1. The molecule has 2 N–H and O–H groups in total. The Morgan fingerprint density at radius 2 is 2.00 bits per heavy atom. The molecule has 2 aromatic carbocycles. The van der Waals surface area contributed by atoms with Crippen LogP contribution in [-0.4, -0.2) is 11.1 Å². The van der Waals surface area contributed by atoms with E-state index in [0.29, 0.717) is 5.92 Å². The number of allylic oxidation sites excluding steroid dienone is 4. The van der Waals surface area contributed by atoms with Crippen LogP contribution in [0.2, 0.25) is 0 Å². The number of fused-ring (bicyclic) bond motifs is 3. The summed E-state index contributed by atoms with van der Waals surface area (Å²) in [6, 6.07) is 15.3. The third-order valence-corrected chi connectivity index (χ3v) is 7.21. The van der Waals surface area contributed by atoms with Crippen molar-refractivity contribution in [2.24, 2.45) is 11.8 Å². The molecule has 3 unspecified atom stereocenters. The van der Waals surface area contributed by atoms with Crippen molar-refractivity contribution < 1.29 is 9.90 Å². The Hall–Kier alpha value is -2.81. The van der Waals surface area contributed by atoms with E-state index in [-0.39, 0.29) is 11.8 Å². The number of hydrogen-bond acceptors (Lipinski definition) is 2. The molecular formula is C27H29NO2. The maximum atomic E-state index is 11.4. The molecule has 0 radical (unpaired) electrons. The third-order valence-electron chi connectivity index (χ3n) is 7.21. The van der Waals surface area contributed by atoms with Crippen LogP contribution in [0.1, 0.15) is 61.3 Å². The average molecular weight is 400 g/mol. The molecular weight excluding hydrogens is 370 g/mol. The molecule has 3 aliphatic rings. The molecule has 3 heteroatoms. The van der Waals surface area contributed by atoms with Crippen LogP contribution < -0.4 is 5.32 Å². The van der Waals surface area contributed by atoms with Crippen LogP contribution in [0.4, 0.5) is 5.69 Å². The van der Waals surface area contributed by atoms with Crippen molar-refractivity contribution >= 4 is 17.2 Å². The van der Waals surface area contributed by atoms with E-state index in [4.69, 9.17) is 0 Å². The van der Waals surface area contributed by atoms with Gasteiger partial charge >= 0.3 is 5.97 Å². The van der Waals surface area contributed by atoms with Crippen molar-refractivity contribution in [1.29, 1.82) is 0 Å². The molecule has 1 saturated carbocycles. The summed E-state index contributed by atoms with van der Waals surface area (Å²) in [6.07, 6.45) is 6.63. The monoisotopic (exact) mass is 399 g/mol. The smallest absolute Gasteiger partial charge is 0.307 e. The fourth-order valence-electron chi connectivity index (χ4n) is 5.66. The summed E-state index contributed by atoms with van der Waals surface area (Å²) in [5.74, 6) is -0.205. The Morgan fingerprint density at radius 3 is 2.80 bits per heavy atom. The number of hydrogen-bond donors (Lipinski definition) is 2. The fourth-order valence-corrected chi connectivity index (χ4v) is 5.66. The number of benzene rings is 2. The van der Waals surface area contributed by atoms with E-state index in [1.54, 1.807) is 0 Å². The summed E-state index contributed by atoms with van der Waals surface area (Å²) >= 11 is 0. The summed E-state index contributed by atoms with van der Waals surface area (Å²) in [4.78, 5) is 11.4. The molecule has 3 atom stereocenters. The number of carboxylic acid groups (broad SMARTS) is 1. The molecule has 1 fully saturated rings. The fraction of sp³-hybridized carbons (Fsp3) is 0.370. The van der Waals surface area contributed by atoms with Gasteiger partial charge in [0.25, 0.3) is 0 Å². The van der Waals surface area contributed by atoms with Gasteiger partial charge in [0.2, 0.25) is 0 Å². The SMILES string of the molecule is CC1=CCCC(C)=C1c1cccc(CNc2ccc3c(c2)CCC2C(C(=O)O)C32)c1. The van der Waals surface area contributed by atoms with Gasteiger partial charge in [0.15, 0.2) is 0 Å². The number of anilines is 1. The lowest BCUT2D eigenvalue weighted by molar-refractivity contribution is -0.139. The van der Waals surface area contributed by atoms with Gasteiger partial charge in [-0.3, -0.25) is 4.79 Å². The molecule has 0 amide bonds.